The Balaban J connectivity index is 1.96. The van der Waals surface area contributed by atoms with E-state index in [1.807, 2.05) is 0 Å². The summed E-state index contributed by atoms with van der Waals surface area (Å²) in [7, 11) is -2.97. The molecule has 0 saturated carbocycles. The van der Waals surface area contributed by atoms with Gasteiger partial charge in [0.05, 0.1) is 22.7 Å². The number of thiazole rings is 1. The number of aryl methyl sites for hydroxylation is 2. The quantitative estimate of drug-likeness (QED) is 0.922. The van der Waals surface area contributed by atoms with Crippen molar-refractivity contribution < 1.29 is 8.42 Å². The first-order chi connectivity index (χ1) is 10.0. The highest BCUT2D eigenvalue weighted by Crippen LogP contribution is 2.38. The molecule has 1 saturated heterocycles. The van der Waals surface area contributed by atoms with Crippen LogP contribution in [0.25, 0.3) is 0 Å². The molecular formula is C15H24N2O2S2. The van der Waals surface area contributed by atoms with E-state index in [0.717, 1.165) is 43.7 Å². The van der Waals surface area contributed by atoms with E-state index in [1.54, 1.807) is 11.3 Å². The number of rotatable bonds is 4. The van der Waals surface area contributed by atoms with Crippen molar-refractivity contribution in [3.05, 3.63) is 15.6 Å². The van der Waals surface area contributed by atoms with Crippen LogP contribution in [0.4, 0.5) is 0 Å². The molecule has 1 aliphatic heterocycles. The maximum absolute atomic E-state index is 12.2. The van der Waals surface area contributed by atoms with Gasteiger partial charge in [-0.2, -0.15) is 0 Å². The van der Waals surface area contributed by atoms with Crippen LogP contribution in [0.5, 0.6) is 0 Å². The maximum atomic E-state index is 12.2. The van der Waals surface area contributed by atoms with E-state index < -0.39 is 15.4 Å². The first-order valence-corrected chi connectivity index (χ1v) is 10.6. The summed E-state index contributed by atoms with van der Waals surface area (Å²) in [5, 5.41) is 4.55. The molecule has 0 spiro atoms. The lowest BCUT2D eigenvalue weighted by Gasteiger charge is -2.36. The number of hydrogen-bond acceptors (Lipinski definition) is 5. The Morgan fingerprint density at radius 2 is 2.10 bits per heavy atom. The van der Waals surface area contributed by atoms with E-state index in [0.29, 0.717) is 5.75 Å². The van der Waals surface area contributed by atoms with Crippen molar-refractivity contribution in [2.75, 3.05) is 18.1 Å². The average Bonchev–Trinajstić information content (AvgIpc) is 2.88. The van der Waals surface area contributed by atoms with Gasteiger partial charge in [-0.25, -0.2) is 13.4 Å². The van der Waals surface area contributed by atoms with Crippen molar-refractivity contribution in [3.8, 4) is 0 Å². The van der Waals surface area contributed by atoms with E-state index in [9.17, 15) is 8.42 Å². The third-order valence-corrected chi connectivity index (χ3v) is 7.70. The van der Waals surface area contributed by atoms with Gasteiger partial charge in [-0.05, 0) is 51.5 Å². The monoisotopic (exact) mass is 328 g/mol. The number of sulfone groups is 1. The third-order valence-electron chi connectivity index (χ3n) is 4.49. The van der Waals surface area contributed by atoms with E-state index >= 15 is 0 Å². The minimum Gasteiger partial charge on any atom is -0.305 e. The Morgan fingerprint density at radius 1 is 1.29 bits per heavy atom. The molecule has 1 N–H and O–H groups in total. The third kappa shape index (κ3) is 3.17. The molecule has 0 bridgehead atoms. The highest BCUT2D eigenvalue weighted by molar-refractivity contribution is 7.91. The standard InChI is InChI=1S/C15H24N2O2S2/c1-2-9-16-15(8-5-10-21(18,19)11-15)14-17-12-6-3-4-7-13(12)20-14/h16H,2-11H2,1H3. The highest BCUT2D eigenvalue weighted by Gasteiger charge is 2.42. The first-order valence-electron chi connectivity index (χ1n) is 7.99. The fourth-order valence-corrected chi connectivity index (χ4v) is 6.72. The zero-order valence-electron chi connectivity index (χ0n) is 12.7. The molecule has 4 nitrogen and oxygen atoms in total. The molecule has 1 atom stereocenters. The van der Waals surface area contributed by atoms with Crippen LogP contribution in [0.1, 0.15) is 54.6 Å². The van der Waals surface area contributed by atoms with Crippen LogP contribution >= 0.6 is 11.3 Å². The SMILES string of the molecule is CCCNC1(c2nc3c(s2)CCCC3)CCCS(=O)(=O)C1. The number of hydrogen-bond donors (Lipinski definition) is 1. The zero-order valence-corrected chi connectivity index (χ0v) is 14.3. The molecule has 1 aliphatic carbocycles. The predicted molar refractivity (Wildman–Crippen MR) is 86.6 cm³/mol. The summed E-state index contributed by atoms with van der Waals surface area (Å²) < 4.78 is 24.4. The van der Waals surface area contributed by atoms with Crippen molar-refractivity contribution in [1.82, 2.24) is 10.3 Å². The average molecular weight is 329 g/mol. The van der Waals surface area contributed by atoms with Gasteiger partial charge in [0.25, 0.3) is 0 Å². The molecule has 6 heteroatoms. The maximum Gasteiger partial charge on any atom is 0.152 e. The Hall–Kier alpha value is -0.460. The number of aromatic nitrogens is 1. The fraction of sp³-hybridized carbons (Fsp3) is 0.800. The molecule has 2 heterocycles. The highest BCUT2D eigenvalue weighted by atomic mass is 32.2. The molecule has 0 radical (unpaired) electrons. The van der Waals surface area contributed by atoms with Crippen molar-refractivity contribution >= 4 is 21.2 Å². The number of nitrogens with zero attached hydrogens (tertiary/aromatic N) is 1. The summed E-state index contributed by atoms with van der Waals surface area (Å²) in [6.07, 6.45) is 7.26. The topological polar surface area (TPSA) is 59.1 Å². The van der Waals surface area contributed by atoms with Crippen molar-refractivity contribution in [3.63, 3.8) is 0 Å². The van der Waals surface area contributed by atoms with Gasteiger partial charge in [-0.15, -0.1) is 11.3 Å². The van der Waals surface area contributed by atoms with Crippen LogP contribution in [0, 0.1) is 0 Å². The molecule has 1 fully saturated rings. The molecule has 3 rings (SSSR count). The number of fused-ring (bicyclic) bond motifs is 1. The first kappa shape index (κ1) is 15.4. The van der Waals surface area contributed by atoms with E-state index in [2.05, 4.69) is 12.2 Å². The van der Waals surface area contributed by atoms with Gasteiger partial charge in [-0.1, -0.05) is 6.92 Å². The zero-order chi connectivity index (χ0) is 14.9. The molecule has 0 aromatic carbocycles. The van der Waals surface area contributed by atoms with Crippen LogP contribution in [-0.4, -0.2) is 31.5 Å². The van der Waals surface area contributed by atoms with Crippen LogP contribution in [0.15, 0.2) is 0 Å². The minimum absolute atomic E-state index is 0.215. The molecule has 21 heavy (non-hydrogen) atoms. The summed E-state index contributed by atoms with van der Waals surface area (Å²) in [6.45, 7) is 2.96. The van der Waals surface area contributed by atoms with Gasteiger partial charge < -0.3 is 5.32 Å². The molecule has 1 aromatic heterocycles. The summed E-state index contributed by atoms with van der Waals surface area (Å²) in [5.74, 6) is 0.542. The second-order valence-corrected chi connectivity index (χ2v) is 9.57. The lowest BCUT2D eigenvalue weighted by Crippen LogP contribution is -2.51. The van der Waals surface area contributed by atoms with Gasteiger partial charge in [0.15, 0.2) is 9.84 Å². The van der Waals surface area contributed by atoms with Gasteiger partial charge in [0.2, 0.25) is 0 Å². The van der Waals surface area contributed by atoms with Crippen LogP contribution in [-0.2, 0) is 28.2 Å². The summed E-state index contributed by atoms with van der Waals surface area (Å²) in [5.41, 5.74) is 0.789. The summed E-state index contributed by atoms with van der Waals surface area (Å²) in [4.78, 5) is 6.24. The largest absolute Gasteiger partial charge is 0.305 e. The normalized spacial score (nSPS) is 28.2. The summed E-state index contributed by atoms with van der Waals surface area (Å²) >= 11 is 1.75. The van der Waals surface area contributed by atoms with Crippen LogP contribution in [0.3, 0.4) is 0 Å². The molecular weight excluding hydrogens is 304 g/mol. The Labute approximate surface area is 131 Å². The lowest BCUT2D eigenvalue weighted by molar-refractivity contribution is 0.326. The van der Waals surface area contributed by atoms with Crippen molar-refractivity contribution in [2.24, 2.45) is 0 Å². The molecule has 1 aromatic rings. The molecule has 2 aliphatic rings. The predicted octanol–water partition coefficient (Wildman–Crippen LogP) is 2.43. The van der Waals surface area contributed by atoms with Crippen LogP contribution in [0.2, 0.25) is 0 Å². The second-order valence-electron chi connectivity index (χ2n) is 6.30. The fourth-order valence-electron chi connectivity index (χ4n) is 3.42. The van der Waals surface area contributed by atoms with Crippen molar-refractivity contribution in [2.45, 2.75) is 57.4 Å². The van der Waals surface area contributed by atoms with Crippen LogP contribution < -0.4 is 5.32 Å². The van der Waals surface area contributed by atoms with E-state index in [-0.39, 0.29) is 5.75 Å². The smallest absolute Gasteiger partial charge is 0.152 e. The van der Waals surface area contributed by atoms with Gasteiger partial charge in [0, 0.05) is 4.88 Å². The Morgan fingerprint density at radius 3 is 2.81 bits per heavy atom. The van der Waals surface area contributed by atoms with E-state index in [1.165, 1.54) is 23.4 Å². The Kier molecular flexibility index (Phi) is 4.39. The van der Waals surface area contributed by atoms with Crippen molar-refractivity contribution in [1.29, 1.82) is 0 Å². The van der Waals surface area contributed by atoms with E-state index in [4.69, 9.17) is 4.98 Å². The molecule has 118 valence electrons. The van der Waals surface area contributed by atoms with Gasteiger partial charge in [-0.3, -0.25) is 0 Å². The summed E-state index contributed by atoms with van der Waals surface area (Å²) in [6, 6.07) is 0. The molecule has 0 amide bonds. The minimum atomic E-state index is -2.97. The van der Waals surface area contributed by atoms with Gasteiger partial charge >= 0.3 is 0 Å². The van der Waals surface area contributed by atoms with Gasteiger partial charge in [0.1, 0.15) is 5.01 Å². The lowest BCUT2D eigenvalue weighted by atomic mass is 9.95. The Bertz CT molecular complexity index is 586. The molecule has 1 unspecified atom stereocenters. The second kappa shape index (κ2) is 5.97. The number of nitrogens with one attached hydrogen (secondary N) is 1.